The predicted molar refractivity (Wildman–Crippen MR) is 101 cm³/mol. The topological polar surface area (TPSA) is 87.3 Å². The van der Waals surface area contributed by atoms with Gasteiger partial charge in [-0.3, -0.25) is 4.72 Å². The summed E-state index contributed by atoms with van der Waals surface area (Å²) in [5, 5.41) is 13.5. The largest absolute Gasteiger partial charge is 0.263 e. The number of nitriles is 1. The first-order valence-corrected chi connectivity index (χ1v) is 9.63. The molecule has 0 atom stereocenters. The molecule has 2 heterocycles. The van der Waals surface area contributed by atoms with Crippen molar-refractivity contribution < 1.29 is 8.42 Å². The third-order valence-electron chi connectivity index (χ3n) is 4.13. The van der Waals surface area contributed by atoms with Gasteiger partial charge in [-0.15, -0.1) is 0 Å². The molecule has 2 aromatic heterocycles. The molecule has 0 radical (unpaired) electrons. The highest BCUT2D eigenvalue weighted by atomic mass is 32.2. The number of hydrogen-bond acceptors (Lipinski definition) is 4. The minimum Gasteiger partial charge on any atom is -0.263 e. The molecule has 0 aliphatic heterocycles. The summed E-state index contributed by atoms with van der Waals surface area (Å²) < 4.78 is 29.5. The van der Waals surface area contributed by atoms with Gasteiger partial charge in [0.2, 0.25) is 0 Å². The molecule has 0 amide bonds. The van der Waals surface area contributed by atoms with Gasteiger partial charge in [-0.1, -0.05) is 32.9 Å². The Bertz CT molecular complexity index is 1120. The van der Waals surface area contributed by atoms with Crippen LogP contribution < -0.4 is 4.72 Å². The molecule has 3 rings (SSSR count). The zero-order valence-corrected chi connectivity index (χ0v) is 15.9. The molecule has 0 fully saturated rings. The number of aromatic nitrogens is 2. The van der Waals surface area contributed by atoms with Crippen molar-refractivity contribution in [2.24, 2.45) is 0 Å². The van der Waals surface area contributed by atoms with Crippen LogP contribution in [0.3, 0.4) is 0 Å². The van der Waals surface area contributed by atoms with Crippen LogP contribution in [0.15, 0.2) is 47.4 Å². The third-order valence-corrected chi connectivity index (χ3v) is 5.50. The molecular weight excluding hydrogens is 348 g/mol. The number of nitrogens with one attached hydrogen (secondary N) is 1. The number of rotatable bonds is 3. The molecule has 0 aliphatic rings. The van der Waals surface area contributed by atoms with Crippen LogP contribution in [0.5, 0.6) is 0 Å². The van der Waals surface area contributed by atoms with E-state index in [1.165, 1.54) is 4.52 Å². The average Bonchev–Trinajstić information content (AvgIpc) is 2.96. The van der Waals surface area contributed by atoms with Crippen molar-refractivity contribution in [2.45, 2.75) is 38.0 Å². The first-order valence-electron chi connectivity index (χ1n) is 8.15. The Morgan fingerprint density at radius 2 is 1.77 bits per heavy atom. The fourth-order valence-electron chi connectivity index (χ4n) is 2.70. The Labute approximate surface area is 153 Å². The molecule has 6 nitrogen and oxygen atoms in total. The van der Waals surface area contributed by atoms with Crippen molar-refractivity contribution >= 4 is 21.4 Å². The second-order valence-electron chi connectivity index (χ2n) is 7.21. The third kappa shape index (κ3) is 3.28. The number of pyridine rings is 1. The van der Waals surface area contributed by atoms with Crippen molar-refractivity contribution in [1.82, 2.24) is 9.61 Å². The SMILES string of the molecule is Cc1cc2c(C#N)ccc(NS(=O)(=O)c3ccc(C(C)(C)C)cc3)n2n1. The molecule has 0 bridgehead atoms. The van der Waals surface area contributed by atoms with Crippen molar-refractivity contribution in [3.8, 4) is 6.07 Å². The van der Waals surface area contributed by atoms with Crippen molar-refractivity contribution in [2.75, 3.05) is 4.72 Å². The molecular formula is C19H20N4O2S. The maximum Gasteiger partial charge on any atom is 0.263 e. The molecule has 26 heavy (non-hydrogen) atoms. The Morgan fingerprint density at radius 1 is 1.12 bits per heavy atom. The quantitative estimate of drug-likeness (QED) is 0.765. The number of anilines is 1. The summed E-state index contributed by atoms with van der Waals surface area (Å²) in [6.07, 6.45) is 0. The Hall–Kier alpha value is -2.85. The predicted octanol–water partition coefficient (Wildman–Crippen LogP) is 3.61. The molecule has 134 valence electrons. The second kappa shape index (κ2) is 6.15. The van der Waals surface area contributed by atoms with Gasteiger partial charge < -0.3 is 0 Å². The summed E-state index contributed by atoms with van der Waals surface area (Å²) in [6, 6.07) is 13.8. The van der Waals surface area contributed by atoms with E-state index in [-0.39, 0.29) is 16.1 Å². The van der Waals surface area contributed by atoms with Gasteiger partial charge in [0.25, 0.3) is 10.0 Å². The minimum atomic E-state index is -3.77. The lowest BCUT2D eigenvalue weighted by Gasteiger charge is -2.19. The van der Waals surface area contributed by atoms with Crippen LogP contribution in [0, 0.1) is 18.3 Å². The molecule has 0 unspecified atom stereocenters. The maximum atomic E-state index is 12.8. The molecule has 1 N–H and O–H groups in total. The van der Waals surface area contributed by atoms with Crippen LogP contribution in [0.2, 0.25) is 0 Å². The smallest absolute Gasteiger partial charge is 0.263 e. The van der Waals surface area contributed by atoms with Gasteiger partial charge in [0, 0.05) is 0 Å². The summed E-state index contributed by atoms with van der Waals surface area (Å²) in [7, 11) is -3.77. The Balaban J connectivity index is 2.01. The van der Waals surface area contributed by atoms with E-state index in [0.29, 0.717) is 16.8 Å². The van der Waals surface area contributed by atoms with Gasteiger partial charge in [0.15, 0.2) is 0 Å². The highest BCUT2D eigenvalue weighted by Gasteiger charge is 2.19. The molecule has 0 spiro atoms. The summed E-state index contributed by atoms with van der Waals surface area (Å²) in [6.45, 7) is 8.00. The van der Waals surface area contributed by atoms with E-state index < -0.39 is 10.0 Å². The zero-order chi connectivity index (χ0) is 19.1. The monoisotopic (exact) mass is 368 g/mol. The summed E-state index contributed by atoms with van der Waals surface area (Å²) in [4.78, 5) is 0.173. The average molecular weight is 368 g/mol. The number of fused-ring (bicyclic) bond motifs is 1. The Morgan fingerprint density at radius 3 is 2.35 bits per heavy atom. The van der Waals surface area contributed by atoms with E-state index in [1.807, 2.05) is 12.1 Å². The molecule has 0 aliphatic carbocycles. The van der Waals surface area contributed by atoms with Crippen molar-refractivity contribution in [3.63, 3.8) is 0 Å². The number of nitrogens with zero attached hydrogens (tertiary/aromatic N) is 3. The van der Waals surface area contributed by atoms with Gasteiger partial charge in [-0.05, 0) is 48.2 Å². The maximum absolute atomic E-state index is 12.8. The van der Waals surface area contributed by atoms with Crippen LogP contribution in [-0.2, 0) is 15.4 Å². The number of aryl methyl sites for hydroxylation is 1. The van der Waals surface area contributed by atoms with E-state index >= 15 is 0 Å². The fourth-order valence-corrected chi connectivity index (χ4v) is 3.74. The first-order chi connectivity index (χ1) is 12.1. The van der Waals surface area contributed by atoms with Crippen LogP contribution >= 0.6 is 0 Å². The normalized spacial score (nSPS) is 12.1. The lowest BCUT2D eigenvalue weighted by Crippen LogP contribution is -2.17. The van der Waals surface area contributed by atoms with Gasteiger partial charge >= 0.3 is 0 Å². The number of hydrogen-bond donors (Lipinski definition) is 1. The van der Waals surface area contributed by atoms with Gasteiger partial charge in [-0.25, -0.2) is 12.9 Å². The first kappa shape index (κ1) is 18.0. The van der Waals surface area contributed by atoms with Crippen LogP contribution in [-0.4, -0.2) is 18.0 Å². The summed E-state index contributed by atoms with van der Waals surface area (Å²) in [5.74, 6) is 0.284. The minimum absolute atomic E-state index is 0.0540. The van der Waals surface area contributed by atoms with Crippen LogP contribution in [0.4, 0.5) is 5.82 Å². The van der Waals surface area contributed by atoms with E-state index in [1.54, 1.807) is 37.3 Å². The number of benzene rings is 1. The Kier molecular flexibility index (Phi) is 4.24. The van der Waals surface area contributed by atoms with Crippen LogP contribution in [0.25, 0.3) is 5.52 Å². The molecule has 3 aromatic rings. The van der Waals surface area contributed by atoms with Gasteiger partial charge in [0.05, 0.1) is 21.7 Å². The zero-order valence-electron chi connectivity index (χ0n) is 15.1. The van der Waals surface area contributed by atoms with E-state index in [2.05, 4.69) is 36.7 Å². The van der Waals surface area contributed by atoms with E-state index in [4.69, 9.17) is 0 Å². The fraction of sp³-hybridized carbons (Fsp3) is 0.263. The molecule has 7 heteroatoms. The molecule has 0 saturated carbocycles. The summed E-state index contributed by atoms with van der Waals surface area (Å²) >= 11 is 0. The highest BCUT2D eigenvalue weighted by Crippen LogP contribution is 2.25. The van der Waals surface area contributed by atoms with Crippen LogP contribution in [0.1, 0.15) is 37.6 Å². The van der Waals surface area contributed by atoms with E-state index in [9.17, 15) is 13.7 Å². The van der Waals surface area contributed by atoms with Crippen molar-refractivity contribution in [1.29, 1.82) is 5.26 Å². The van der Waals surface area contributed by atoms with Crippen molar-refractivity contribution in [3.05, 3.63) is 59.3 Å². The lowest BCUT2D eigenvalue weighted by atomic mass is 9.87. The number of sulfonamides is 1. The van der Waals surface area contributed by atoms with Gasteiger partial charge in [0.1, 0.15) is 11.9 Å². The molecule has 0 saturated heterocycles. The lowest BCUT2D eigenvalue weighted by molar-refractivity contribution is 0.587. The standard InChI is InChI=1S/C19H20N4O2S/c1-13-11-17-14(12-20)5-10-18(23(17)21-13)22-26(24,25)16-8-6-15(7-9-16)19(2,3)4/h5-11,22H,1-4H3. The molecule has 1 aromatic carbocycles. The summed E-state index contributed by atoms with van der Waals surface area (Å²) in [5.41, 5.74) is 2.70. The van der Waals surface area contributed by atoms with Gasteiger partial charge in [-0.2, -0.15) is 10.4 Å². The second-order valence-corrected chi connectivity index (χ2v) is 8.89. The highest BCUT2D eigenvalue weighted by molar-refractivity contribution is 7.92. The van der Waals surface area contributed by atoms with E-state index in [0.717, 1.165) is 5.56 Å².